The minimum Gasteiger partial charge on any atom is -0.459 e. The van der Waals surface area contributed by atoms with Crippen molar-refractivity contribution in [3.63, 3.8) is 0 Å². The lowest BCUT2D eigenvalue weighted by Crippen LogP contribution is -2.43. The zero-order chi connectivity index (χ0) is 24.3. The van der Waals surface area contributed by atoms with E-state index in [-0.39, 0.29) is 16.4 Å². The second-order valence-corrected chi connectivity index (χ2v) is 17.9. The molecule has 0 fully saturated rings. The van der Waals surface area contributed by atoms with E-state index in [9.17, 15) is 4.79 Å². The third-order valence-electron chi connectivity index (χ3n) is 6.29. The van der Waals surface area contributed by atoms with Gasteiger partial charge < -0.3 is 9.16 Å². The van der Waals surface area contributed by atoms with Crippen LogP contribution in [0.1, 0.15) is 87.3 Å². The summed E-state index contributed by atoms with van der Waals surface area (Å²) in [6, 6.07) is 5.72. The van der Waals surface area contributed by atoms with Crippen LogP contribution in [0.3, 0.4) is 0 Å². The molecule has 0 spiro atoms. The van der Waals surface area contributed by atoms with Crippen LogP contribution in [0.25, 0.3) is 0 Å². The lowest BCUT2D eigenvalue weighted by atomic mass is 9.78. The highest BCUT2D eigenvalue weighted by Crippen LogP contribution is 2.39. The maximum absolute atomic E-state index is 13.2. The molecule has 0 saturated heterocycles. The Hall–Kier alpha value is -0.723. The third-order valence-corrected chi connectivity index (χ3v) is 11.2. The van der Waals surface area contributed by atoms with E-state index in [0.29, 0.717) is 6.42 Å². The minimum atomic E-state index is -1.78. The van der Waals surface area contributed by atoms with Gasteiger partial charge in [0.1, 0.15) is 15.6 Å². The van der Waals surface area contributed by atoms with Gasteiger partial charge >= 0.3 is 5.97 Å². The number of carbonyl (C=O) groups excluding carboxylic acids is 1. The zero-order valence-corrected chi connectivity index (χ0v) is 24.2. The second kappa shape index (κ2) is 10.0. The Morgan fingerprint density at radius 2 is 1.58 bits per heavy atom. The van der Waals surface area contributed by atoms with Crippen molar-refractivity contribution in [3.05, 3.63) is 28.5 Å². The van der Waals surface area contributed by atoms with Gasteiger partial charge in [-0.3, -0.25) is 4.79 Å². The van der Waals surface area contributed by atoms with E-state index in [1.807, 2.05) is 45.9 Å². The monoisotopic (exact) mass is 513 g/mol. The predicted molar refractivity (Wildman–Crippen MR) is 136 cm³/mol. The molecule has 1 rings (SSSR count). The molecule has 0 aliphatic heterocycles. The quantitative estimate of drug-likeness (QED) is 0.193. The molecule has 1 unspecified atom stereocenters. The summed E-state index contributed by atoms with van der Waals surface area (Å²) in [5, 5.41) is 0.199. The van der Waals surface area contributed by atoms with Crippen LogP contribution in [-0.2, 0) is 19.4 Å². The highest BCUT2D eigenvalue weighted by Gasteiger charge is 2.41. The van der Waals surface area contributed by atoms with Crippen LogP contribution in [0.4, 0.5) is 0 Å². The Labute approximate surface area is 200 Å². The molecule has 0 aromatic carbocycles. The number of ether oxygens (including phenoxy) is 1. The van der Waals surface area contributed by atoms with Gasteiger partial charge in [-0.1, -0.05) is 47.1 Å². The Morgan fingerprint density at radius 1 is 1.00 bits per heavy atom. The van der Waals surface area contributed by atoms with E-state index in [1.165, 1.54) is 0 Å². The van der Waals surface area contributed by atoms with Gasteiger partial charge in [0.15, 0.2) is 8.32 Å². The van der Waals surface area contributed by atoms with Gasteiger partial charge in [-0.15, -0.1) is 0 Å². The SMILES string of the molecule is CC(C)(CCCC(C)(C(=O)OC(C)(C)C)c1cccc(Br)n1)CO[Si](C)(C)C(C)(C)C. The lowest BCUT2D eigenvalue weighted by Gasteiger charge is -2.39. The Balaban J connectivity index is 2.93. The standard InChI is InChI=1S/C25H44BrNO3Si/c1-22(2,3)30-21(28)25(9,19-14-12-15-20(26)27-19)17-13-16-24(7,8)18-29-31(10,11)23(4,5)6/h12,14-15H,13,16-18H2,1-11H3. The van der Waals surface area contributed by atoms with Gasteiger partial charge in [-0.2, -0.15) is 0 Å². The lowest BCUT2D eigenvalue weighted by molar-refractivity contribution is -0.162. The average molecular weight is 515 g/mol. The first-order valence-corrected chi connectivity index (χ1v) is 15.0. The van der Waals surface area contributed by atoms with Gasteiger partial charge in [-0.05, 0) is 92.1 Å². The van der Waals surface area contributed by atoms with E-state index >= 15 is 0 Å². The fourth-order valence-electron chi connectivity index (χ4n) is 3.03. The van der Waals surface area contributed by atoms with E-state index in [4.69, 9.17) is 9.16 Å². The number of pyridine rings is 1. The van der Waals surface area contributed by atoms with Gasteiger partial charge in [0.05, 0.1) is 5.69 Å². The number of carbonyl (C=O) groups is 1. The fourth-order valence-corrected chi connectivity index (χ4v) is 4.55. The Kier molecular flexibility index (Phi) is 9.17. The minimum absolute atomic E-state index is 0.0368. The summed E-state index contributed by atoms with van der Waals surface area (Å²) in [6.45, 7) is 24.3. The fraction of sp³-hybridized carbons (Fsp3) is 0.760. The maximum atomic E-state index is 13.2. The molecule has 0 aliphatic rings. The second-order valence-electron chi connectivity index (χ2n) is 12.2. The van der Waals surface area contributed by atoms with Crippen molar-refractivity contribution in [1.82, 2.24) is 4.98 Å². The van der Waals surface area contributed by atoms with Crippen molar-refractivity contribution in [3.8, 4) is 0 Å². The van der Waals surface area contributed by atoms with E-state index in [1.54, 1.807) is 0 Å². The molecule has 1 aromatic rings. The first-order valence-electron chi connectivity index (χ1n) is 11.3. The van der Waals surface area contributed by atoms with Gasteiger partial charge in [0, 0.05) is 6.61 Å². The molecule has 178 valence electrons. The van der Waals surface area contributed by atoms with Gasteiger partial charge in [0.2, 0.25) is 0 Å². The number of aromatic nitrogens is 1. The molecule has 1 aromatic heterocycles. The smallest absolute Gasteiger partial charge is 0.318 e. The predicted octanol–water partition coefficient (Wildman–Crippen LogP) is 7.66. The molecule has 0 aliphatic carbocycles. The van der Waals surface area contributed by atoms with Gasteiger partial charge in [-0.25, -0.2) is 4.98 Å². The van der Waals surface area contributed by atoms with Crippen LogP contribution in [0.2, 0.25) is 18.1 Å². The number of esters is 1. The van der Waals surface area contributed by atoms with Crippen LogP contribution in [-0.4, -0.2) is 31.5 Å². The van der Waals surface area contributed by atoms with Crippen molar-refractivity contribution >= 4 is 30.2 Å². The summed E-state index contributed by atoms with van der Waals surface area (Å²) in [7, 11) is -1.78. The zero-order valence-electron chi connectivity index (χ0n) is 21.6. The van der Waals surface area contributed by atoms with Gasteiger partial charge in [0.25, 0.3) is 0 Å². The summed E-state index contributed by atoms with van der Waals surface area (Å²) in [4.78, 5) is 17.8. The van der Waals surface area contributed by atoms with Crippen molar-refractivity contribution in [1.29, 1.82) is 0 Å². The van der Waals surface area contributed by atoms with Crippen molar-refractivity contribution in [2.75, 3.05) is 6.61 Å². The molecule has 0 amide bonds. The topological polar surface area (TPSA) is 48.4 Å². The number of hydrogen-bond donors (Lipinski definition) is 0. The van der Waals surface area contributed by atoms with E-state index < -0.39 is 19.3 Å². The summed E-state index contributed by atoms with van der Waals surface area (Å²) in [5.74, 6) is -0.221. The normalized spacial score (nSPS) is 15.5. The van der Waals surface area contributed by atoms with Crippen LogP contribution in [0.15, 0.2) is 22.8 Å². The molecule has 31 heavy (non-hydrogen) atoms. The largest absolute Gasteiger partial charge is 0.459 e. The van der Waals surface area contributed by atoms with Crippen molar-refractivity contribution in [2.24, 2.45) is 5.41 Å². The Bertz CT molecular complexity index is 750. The number of nitrogens with zero attached hydrogens (tertiary/aromatic N) is 1. The summed E-state index contributed by atoms with van der Waals surface area (Å²) < 4.78 is 13.0. The summed E-state index contributed by atoms with van der Waals surface area (Å²) >= 11 is 3.44. The molecule has 1 atom stereocenters. The molecular weight excluding hydrogens is 470 g/mol. The summed E-state index contributed by atoms with van der Waals surface area (Å²) in [6.07, 6.45) is 2.53. The first kappa shape index (κ1) is 28.3. The van der Waals surface area contributed by atoms with Crippen LogP contribution in [0, 0.1) is 5.41 Å². The van der Waals surface area contributed by atoms with E-state index in [0.717, 1.165) is 29.7 Å². The molecule has 4 nitrogen and oxygen atoms in total. The number of hydrogen-bond acceptors (Lipinski definition) is 4. The molecular formula is C25H44BrNO3Si. The third kappa shape index (κ3) is 8.62. The molecule has 0 saturated carbocycles. The van der Waals surface area contributed by atoms with Crippen LogP contribution >= 0.6 is 15.9 Å². The number of rotatable bonds is 9. The first-order chi connectivity index (χ1) is 13.8. The van der Waals surface area contributed by atoms with Crippen LogP contribution in [0.5, 0.6) is 0 Å². The highest BCUT2D eigenvalue weighted by molar-refractivity contribution is 9.10. The highest BCUT2D eigenvalue weighted by atomic mass is 79.9. The molecule has 0 bridgehead atoms. The van der Waals surface area contributed by atoms with E-state index in [2.05, 4.69) is 68.6 Å². The summed E-state index contributed by atoms with van der Waals surface area (Å²) in [5.41, 5.74) is -0.560. The molecule has 0 radical (unpaired) electrons. The average Bonchev–Trinajstić information content (AvgIpc) is 2.57. The molecule has 6 heteroatoms. The Morgan fingerprint density at radius 3 is 2.06 bits per heavy atom. The van der Waals surface area contributed by atoms with Crippen LogP contribution < -0.4 is 0 Å². The molecule has 0 N–H and O–H groups in total. The maximum Gasteiger partial charge on any atom is 0.318 e. The van der Waals surface area contributed by atoms with Crippen molar-refractivity contribution < 1.29 is 14.0 Å². The molecule has 1 heterocycles. The number of halogens is 1. The van der Waals surface area contributed by atoms with Crippen molar-refractivity contribution in [2.45, 2.75) is 111 Å².